The Balaban J connectivity index is 1.77. The molecule has 0 saturated carbocycles. The Morgan fingerprint density at radius 2 is 2.05 bits per heavy atom. The number of nitrogens with two attached hydrogens (primary N) is 1. The third-order valence-electron chi connectivity index (χ3n) is 3.87. The van der Waals surface area contributed by atoms with Crippen LogP contribution in [0.4, 0.5) is 5.69 Å². The van der Waals surface area contributed by atoms with E-state index in [1.54, 1.807) is 6.33 Å². The Bertz CT molecular complexity index is 806. The van der Waals surface area contributed by atoms with Crippen LogP contribution in [0, 0.1) is 0 Å². The lowest BCUT2D eigenvalue weighted by Crippen LogP contribution is -2.04. The molecule has 0 radical (unpaired) electrons. The van der Waals surface area contributed by atoms with Crippen LogP contribution in [0.15, 0.2) is 43.0 Å². The second-order valence-electron chi connectivity index (χ2n) is 5.28. The molecule has 2 N–H and O–H groups in total. The predicted molar refractivity (Wildman–Crippen MR) is 81.0 cm³/mol. The molecule has 5 nitrogen and oxygen atoms in total. The van der Waals surface area contributed by atoms with E-state index in [0.717, 1.165) is 47.6 Å². The lowest BCUT2D eigenvalue weighted by atomic mass is 10.1. The molecule has 1 aromatic carbocycles. The van der Waals surface area contributed by atoms with E-state index in [4.69, 9.17) is 5.73 Å². The van der Waals surface area contributed by atoms with Crippen LogP contribution in [0.2, 0.25) is 0 Å². The number of hydrogen-bond acceptors (Lipinski definition) is 4. The predicted octanol–water partition coefficient (Wildman–Crippen LogP) is 2.40. The molecule has 21 heavy (non-hydrogen) atoms. The first-order valence-corrected chi connectivity index (χ1v) is 7.05. The number of hydrogen-bond donors (Lipinski definition) is 1. The summed E-state index contributed by atoms with van der Waals surface area (Å²) >= 11 is 0. The van der Waals surface area contributed by atoms with Gasteiger partial charge in [-0.15, -0.1) is 0 Å². The summed E-state index contributed by atoms with van der Waals surface area (Å²) in [7, 11) is 0. The largest absolute Gasteiger partial charge is 0.399 e. The topological polar surface area (TPSA) is 69.6 Å². The second-order valence-corrected chi connectivity index (χ2v) is 5.28. The molecule has 0 amide bonds. The molecule has 0 saturated heterocycles. The van der Waals surface area contributed by atoms with E-state index in [-0.39, 0.29) is 0 Å². The number of benzene rings is 1. The van der Waals surface area contributed by atoms with E-state index in [2.05, 4.69) is 15.1 Å². The number of rotatable bonds is 2. The van der Waals surface area contributed by atoms with Crippen molar-refractivity contribution in [1.82, 2.24) is 19.7 Å². The highest BCUT2D eigenvalue weighted by atomic mass is 15.3. The van der Waals surface area contributed by atoms with Crippen LogP contribution in [0.5, 0.6) is 0 Å². The van der Waals surface area contributed by atoms with Crippen molar-refractivity contribution in [2.24, 2.45) is 0 Å². The summed E-state index contributed by atoms with van der Waals surface area (Å²) in [5.41, 5.74) is 11.1. The van der Waals surface area contributed by atoms with Gasteiger partial charge in [-0.2, -0.15) is 5.10 Å². The number of nitrogen functional groups attached to an aromatic ring is 1. The van der Waals surface area contributed by atoms with Gasteiger partial charge < -0.3 is 5.73 Å². The number of aromatic nitrogens is 4. The average molecular weight is 277 g/mol. The zero-order chi connectivity index (χ0) is 14.2. The molecule has 5 heteroatoms. The van der Waals surface area contributed by atoms with Crippen molar-refractivity contribution in [1.29, 1.82) is 0 Å². The lowest BCUT2D eigenvalue weighted by molar-refractivity contribution is 0.819. The standard InChI is InChI=1S/C16H15N5/c17-13-4-1-3-11(7-13)12-8-20-21(9-12)16-14-5-2-6-15(14)18-10-19-16/h1,3-4,7-10H,2,5-6,17H2. The molecule has 2 aromatic heterocycles. The first kappa shape index (κ1) is 12.1. The van der Waals surface area contributed by atoms with Gasteiger partial charge in [-0.3, -0.25) is 0 Å². The van der Waals surface area contributed by atoms with Crippen molar-refractivity contribution < 1.29 is 0 Å². The fraction of sp³-hybridized carbons (Fsp3) is 0.188. The van der Waals surface area contributed by atoms with Gasteiger partial charge >= 0.3 is 0 Å². The van der Waals surface area contributed by atoms with E-state index in [9.17, 15) is 0 Å². The van der Waals surface area contributed by atoms with Crippen LogP contribution in [0.3, 0.4) is 0 Å². The molecule has 1 aliphatic carbocycles. The maximum absolute atomic E-state index is 5.84. The molecular weight excluding hydrogens is 262 g/mol. The minimum absolute atomic E-state index is 0.753. The molecule has 3 aromatic rings. The Morgan fingerprint density at radius 3 is 2.95 bits per heavy atom. The fourth-order valence-corrected chi connectivity index (χ4v) is 2.85. The number of nitrogens with zero attached hydrogens (tertiary/aromatic N) is 4. The van der Waals surface area contributed by atoms with Crippen LogP contribution in [0.25, 0.3) is 16.9 Å². The smallest absolute Gasteiger partial charge is 0.160 e. The van der Waals surface area contributed by atoms with Crippen LogP contribution < -0.4 is 5.73 Å². The molecule has 0 aliphatic heterocycles. The van der Waals surface area contributed by atoms with Gasteiger partial charge in [0, 0.05) is 28.7 Å². The summed E-state index contributed by atoms with van der Waals surface area (Å²) in [6.07, 6.45) is 8.67. The van der Waals surface area contributed by atoms with E-state index in [1.165, 1.54) is 5.56 Å². The fourth-order valence-electron chi connectivity index (χ4n) is 2.85. The first-order chi connectivity index (χ1) is 10.3. The Kier molecular flexibility index (Phi) is 2.70. The van der Waals surface area contributed by atoms with Crippen LogP contribution in [-0.4, -0.2) is 19.7 Å². The van der Waals surface area contributed by atoms with Gasteiger partial charge in [-0.05, 0) is 37.0 Å². The maximum atomic E-state index is 5.84. The zero-order valence-corrected chi connectivity index (χ0v) is 11.5. The zero-order valence-electron chi connectivity index (χ0n) is 11.5. The number of aryl methyl sites for hydroxylation is 1. The molecule has 0 unspecified atom stereocenters. The third kappa shape index (κ3) is 2.07. The maximum Gasteiger partial charge on any atom is 0.160 e. The lowest BCUT2D eigenvalue weighted by Gasteiger charge is -2.05. The summed E-state index contributed by atoms with van der Waals surface area (Å²) in [5.74, 6) is 0.896. The molecule has 0 spiro atoms. The van der Waals surface area contributed by atoms with Gasteiger partial charge in [-0.25, -0.2) is 14.6 Å². The summed E-state index contributed by atoms with van der Waals surface area (Å²) in [5, 5.41) is 4.46. The van der Waals surface area contributed by atoms with E-state index >= 15 is 0 Å². The highest BCUT2D eigenvalue weighted by molar-refractivity contribution is 5.66. The van der Waals surface area contributed by atoms with Gasteiger partial charge in [0.25, 0.3) is 0 Å². The van der Waals surface area contributed by atoms with Crippen molar-refractivity contribution in [2.45, 2.75) is 19.3 Å². The molecule has 4 rings (SSSR count). The van der Waals surface area contributed by atoms with E-state index in [0.29, 0.717) is 0 Å². The molecular formula is C16H15N5. The van der Waals surface area contributed by atoms with Crippen molar-refractivity contribution in [3.05, 3.63) is 54.2 Å². The Morgan fingerprint density at radius 1 is 1.10 bits per heavy atom. The van der Waals surface area contributed by atoms with Gasteiger partial charge in [0.2, 0.25) is 0 Å². The number of anilines is 1. The summed E-state index contributed by atoms with van der Waals surface area (Å²) in [4.78, 5) is 8.76. The normalized spacial score (nSPS) is 13.3. The Hall–Kier alpha value is -2.69. The van der Waals surface area contributed by atoms with Crippen LogP contribution in [-0.2, 0) is 12.8 Å². The van der Waals surface area contributed by atoms with Crippen molar-refractivity contribution in [3.63, 3.8) is 0 Å². The summed E-state index contributed by atoms with van der Waals surface area (Å²) in [6, 6.07) is 7.81. The molecule has 104 valence electrons. The van der Waals surface area contributed by atoms with Gasteiger partial charge in [0.15, 0.2) is 5.82 Å². The van der Waals surface area contributed by atoms with Crippen molar-refractivity contribution in [3.8, 4) is 16.9 Å². The quantitative estimate of drug-likeness (QED) is 0.730. The van der Waals surface area contributed by atoms with Gasteiger partial charge in [-0.1, -0.05) is 12.1 Å². The molecule has 2 heterocycles. The average Bonchev–Trinajstić information content (AvgIpc) is 3.16. The molecule has 0 fully saturated rings. The highest BCUT2D eigenvalue weighted by Gasteiger charge is 2.18. The summed E-state index contributed by atoms with van der Waals surface area (Å²) < 4.78 is 1.84. The summed E-state index contributed by atoms with van der Waals surface area (Å²) in [6.45, 7) is 0. The van der Waals surface area contributed by atoms with Crippen molar-refractivity contribution in [2.75, 3.05) is 5.73 Å². The van der Waals surface area contributed by atoms with Gasteiger partial charge in [0.1, 0.15) is 6.33 Å². The monoisotopic (exact) mass is 277 g/mol. The first-order valence-electron chi connectivity index (χ1n) is 7.05. The second kappa shape index (κ2) is 4.70. The SMILES string of the molecule is Nc1cccc(-c2cnn(-c3ncnc4c3CCC4)c2)c1. The number of fused-ring (bicyclic) bond motifs is 1. The Labute approximate surface area is 122 Å². The minimum Gasteiger partial charge on any atom is -0.399 e. The molecule has 0 atom stereocenters. The third-order valence-corrected chi connectivity index (χ3v) is 3.87. The molecule has 0 bridgehead atoms. The van der Waals surface area contributed by atoms with Crippen LogP contribution in [0.1, 0.15) is 17.7 Å². The minimum atomic E-state index is 0.753. The highest BCUT2D eigenvalue weighted by Crippen LogP contribution is 2.26. The van der Waals surface area contributed by atoms with E-state index in [1.807, 2.05) is 41.3 Å². The van der Waals surface area contributed by atoms with Crippen LogP contribution >= 0.6 is 0 Å². The molecule has 1 aliphatic rings. The van der Waals surface area contributed by atoms with Gasteiger partial charge in [0.05, 0.1) is 6.20 Å². The van der Waals surface area contributed by atoms with Crippen molar-refractivity contribution >= 4 is 5.69 Å². The van der Waals surface area contributed by atoms with E-state index < -0.39 is 0 Å².